The minimum absolute atomic E-state index is 0.498. The summed E-state index contributed by atoms with van der Waals surface area (Å²) in [6, 6.07) is 18.8. The topological polar surface area (TPSA) is 90.6 Å². The highest BCUT2D eigenvalue weighted by atomic mass is 16.5. The molecule has 0 atom stereocenters. The molecule has 0 saturated carbocycles. The van der Waals surface area contributed by atoms with Crippen LogP contribution in [0.15, 0.2) is 54.6 Å². The number of hydrogen-bond donors (Lipinski definition) is 1. The van der Waals surface area contributed by atoms with E-state index in [4.69, 9.17) is 38.9 Å². The monoisotopic (exact) mass is 1130 g/mol. The lowest BCUT2D eigenvalue weighted by molar-refractivity contribution is 0.257. The lowest BCUT2D eigenvalue weighted by Gasteiger charge is -2.16. The van der Waals surface area contributed by atoms with Crippen molar-refractivity contribution >= 4 is 0 Å². The quantitative estimate of drug-likeness (QED) is 0.0559. The van der Waals surface area contributed by atoms with E-state index in [0.717, 1.165) is 104 Å². The number of hydrogen-bond acceptors (Lipinski definition) is 8. The van der Waals surface area contributed by atoms with Gasteiger partial charge < -0.3 is 38.9 Å². The maximum absolute atomic E-state index is 6.49. The second-order valence-electron chi connectivity index (χ2n) is 23.5. The Balaban J connectivity index is 1.58. The van der Waals surface area contributed by atoms with Crippen LogP contribution >= 0.6 is 0 Å². The van der Waals surface area contributed by atoms with Crippen LogP contribution < -0.4 is 38.9 Å². The van der Waals surface area contributed by atoms with Crippen LogP contribution in [-0.4, -0.2) is 52.8 Å². The van der Waals surface area contributed by atoms with Crippen molar-refractivity contribution in [3.05, 3.63) is 65.7 Å². The largest absolute Gasteiger partial charge is 0.493 e. The van der Waals surface area contributed by atoms with E-state index in [1.54, 1.807) is 0 Å². The van der Waals surface area contributed by atoms with Crippen molar-refractivity contribution in [1.29, 1.82) is 0 Å². The maximum atomic E-state index is 6.49. The molecule has 0 radical (unpaired) electrons. The zero-order chi connectivity index (χ0) is 57.6. The molecule has 0 aliphatic carbocycles. The van der Waals surface area contributed by atoms with E-state index >= 15 is 0 Å². The van der Waals surface area contributed by atoms with Gasteiger partial charge in [-0.2, -0.15) is 0 Å². The summed E-state index contributed by atoms with van der Waals surface area (Å²) < 4.78 is 44.9. The van der Waals surface area contributed by atoms with Gasteiger partial charge in [0, 0.05) is 31.0 Å². The minimum atomic E-state index is 0.498. The van der Waals surface area contributed by atoms with Crippen LogP contribution in [0.1, 0.15) is 302 Å². The molecular weight excluding hydrogens is 1000 g/mol. The maximum Gasteiger partial charge on any atom is 0.161 e. The Kier molecular flexibility index (Phi) is 46.8. The Morgan fingerprint density at radius 3 is 0.741 bits per heavy atom. The summed E-state index contributed by atoms with van der Waals surface area (Å²) in [5.41, 5.74) is 8.17. The van der Waals surface area contributed by atoms with Crippen molar-refractivity contribution in [2.75, 3.05) is 52.8 Å². The number of ether oxygens (including phenoxy) is 7. The smallest absolute Gasteiger partial charge is 0.161 e. The molecule has 0 aromatic heterocycles. The molecule has 8 heteroatoms. The second kappa shape index (κ2) is 53.0. The first-order valence-electron chi connectivity index (χ1n) is 34.6. The molecule has 0 bridgehead atoms. The van der Waals surface area contributed by atoms with Gasteiger partial charge in [0.2, 0.25) is 0 Å². The van der Waals surface area contributed by atoms with Crippen LogP contribution in [0, 0.1) is 0 Å². The summed E-state index contributed by atoms with van der Waals surface area (Å²) in [5, 5.41) is 0. The fourth-order valence-electron chi connectivity index (χ4n) is 10.6. The third kappa shape index (κ3) is 39.4. The van der Waals surface area contributed by atoms with Gasteiger partial charge in [-0.1, -0.05) is 271 Å². The number of rotatable bonds is 60. The first kappa shape index (κ1) is 71.5. The predicted molar refractivity (Wildman–Crippen MR) is 346 cm³/mol. The Labute approximate surface area is 499 Å². The number of nitrogens with two attached hydrogens (primary N) is 1. The van der Waals surface area contributed by atoms with E-state index in [9.17, 15) is 0 Å². The first-order chi connectivity index (χ1) is 40.1. The third-order valence-corrected chi connectivity index (χ3v) is 15.8. The number of unbranched alkanes of at least 4 members (excludes halogenated alkanes) is 36. The summed E-state index contributed by atoms with van der Waals surface area (Å²) in [6.45, 7) is 14.1. The van der Waals surface area contributed by atoms with Gasteiger partial charge >= 0.3 is 0 Å². The van der Waals surface area contributed by atoms with Gasteiger partial charge in [0.05, 0.1) is 46.2 Å². The minimum Gasteiger partial charge on any atom is -0.493 e. The van der Waals surface area contributed by atoms with E-state index in [0.29, 0.717) is 45.3 Å². The van der Waals surface area contributed by atoms with Crippen molar-refractivity contribution in [3.63, 3.8) is 0 Å². The van der Waals surface area contributed by atoms with Crippen molar-refractivity contribution in [2.45, 2.75) is 304 Å². The summed E-state index contributed by atoms with van der Waals surface area (Å²) in [6.07, 6.45) is 54.5. The van der Waals surface area contributed by atoms with Gasteiger partial charge in [-0.05, 0) is 74.0 Å². The highest BCUT2D eigenvalue weighted by Gasteiger charge is 2.12. The fraction of sp³-hybridized carbons (Fsp3) is 0.753. The molecule has 0 heterocycles. The molecule has 0 aliphatic heterocycles. The third-order valence-electron chi connectivity index (χ3n) is 15.8. The molecule has 0 amide bonds. The molecule has 0 aliphatic rings. The molecule has 0 unspecified atom stereocenters. The summed E-state index contributed by atoms with van der Waals surface area (Å²) in [4.78, 5) is 0. The van der Waals surface area contributed by atoms with E-state index in [2.05, 4.69) is 64.1 Å². The van der Waals surface area contributed by atoms with E-state index < -0.39 is 0 Å². The van der Waals surface area contributed by atoms with Crippen molar-refractivity contribution in [1.82, 2.24) is 0 Å². The lowest BCUT2D eigenvalue weighted by atomic mass is 10.1. The van der Waals surface area contributed by atoms with Gasteiger partial charge in [0.25, 0.3) is 0 Å². The molecule has 0 saturated heterocycles. The second-order valence-corrected chi connectivity index (χ2v) is 23.5. The van der Waals surface area contributed by atoms with Crippen LogP contribution in [0.4, 0.5) is 0 Å². The fourth-order valence-corrected chi connectivity index (χ4v) is 10.6. The molecule has 3 aromatic rings. The van der Waals surface area contributed by atoms with Gasteiger partial charge in [-0.3, -0.25) is 0 Å². The van der Waals surface area contributed by atoms with Crippen LogP contribution in [0.5, 0.6) is 40.2 Å². The molecule has 3 aromatic carbocycles. The molecule has 464 valence electrons. The van der Waals surface area contributed by atoms with E-state index in [1.165, 1.54) is 231 Å². The standard InChI is InChI=1S/C73H125NO7/c1-5-9-13-17-21-25-29-33-37-41-53-78-70-48-46-65(60-72(70)80-55-43-39-35-31-27-23-19-15-11-7-3)50-58-76-68-62-67(75-57-45-52-74)63-69(64-68)77-59-51-66-47-49-71(79-54-42-38-34-30-26-22-18-14-10-6-2)73(61-66)81-56-44-40-36-32-28-24-20-16-12-8-4/h46-49,60-64H,5-45,50-59,74H2,1-4H3. The Bertz CT molecular complexity index is 1730. The number of benzene rings is 3. The Morgan fingerprint density at radius 1 is 0.235 bits per heavy atom. The highest BCUT2D eigenvalue weighted by Crippen LogP contribution is 2.33. The first-order valence-corrected chi connectivity index (χ1v) is 34.6. The van der Waals surface area contributed by atoms with Crippen LogP contribution in [0.2, 0.25) is 0 Å². The van der Waals surface area contributed by atoms with Crippen molar-refractivity contribution in [3.8, 4) is 40.2 Å². The van der Waals surface area contributed by atoms with Gasteiger partial charge in [-0.15, -0.1) is 0 Å². The van der Waals surface area contributed by atoms with Gasteiger partial charge in [-0.25, -0.2) is 0 Å². The lowest BCUT2D eigenvalue weighted by Crippen LogP contribution is -2.08. The highest BCUT2D eigenvalue weighted by molar-refractivity contribution is 5.45. The molecular formula is C73H125NO7. The summed E-state index contributed by atoms with van der Waals surface area (Å²) >= 11 is 0. The predicted octanol–water partition coefficient (Wildman–Crippen LogP) is 21.9. The van der Waals surface area contributed by atoms with Crippen LogP contribution in [0.25, 0.3) is 0 Å². The van der Waals surface area contributed by atoms with E-state index in [-0.39, 0.29) is 0 Å². The van der Waals surface area contributed by atoms with Crippen LogP contribution in [0.3, 0.4) is 0 Å². The summed E-state index contributed by atoms with van der Waals surface area (Å²) in [5.74, 6) is 5.55. The molecule has 0 fully saturated rings. The van der Waals surface area contributed by atoms with Crippen molar-refractivity contribution in [2.24, 2.45) is 5.73 Å². The SMILES string of the molecule is CCCCCCCCCCCCOc1ccc(CCOc2cc(OCCCN)cc(OCCc3ccc(OCCCCCCCCCCCC)c(OCCCCCCCCCCCC)c3)c2)cc1OCCCCCCCCCCCC. The van der Waals surface area contributed by atoms with Crippen LogP contribution in [-0.2, 0) is 12.8 Å². The van der Waals surface area contributed by atoms with Crippen molar-refractivity contribution < 1.29 is 33.2 Å². The molecule has 3 rings (SSSR count). The Hall–Kier alpha value is -3.78. The Morgan fingerprint density at radius 2 is 0.469 bits per heavy atom. The molecule has 0 spiro atoms. The zero-order valence-corrected chi connectivity index (χ0v) is 53.2. The summed E-state index contributed by atoms with van der Waals surface area (Å²) in [7, 11) is 0. The van der Waals surface area contributed by atoms with Gasteiger partial charge in [0.1, 0.15) is 17.2 Å². The normalized spacial score (nSPS) is 11.3. The average Bonchev–Trinajstić information content (AvgIpc) is 3.53. The molecule has 8 nitrogen and oxygen atoms in total. The average molecular weight is 1130 g/mol. The van der Waals surface area contributed by atoms with E-state index in [1.807, 2.05) is 18.2 Å². The zero-order valence-electron chi connectivity index (χ0n) is 53.2. The molecule has 81 heavy (non-hydrogen) atoms. The molecule has 2 N–H and O–H groups in total. The van der Waals surface area contributed by atoms with Gasteiger partial charge in [0.15, 0.2) is 23.0 Å².